The molecule has 54 heavy (non-hydrogen) atoms. The molecule has 6 rings (SSSR count). The van der Waals surface area contributed by atoms with Crippen molar-refractivity contribution in [2.75, 3.05) is 13.7 Å². The molecule has 0 amide bonds. The number of esters is 2. The Morgan fingerprint density at radius 3 is 2.28 bits per heavy atom. The molecular formula is C43H48MgN4O6-2. The monoisotopic (exact) mass is 740 g/mol. The summed E-state index contributed by atoms with van der Waals surface area (Å²) in [6.45, 7) is 14.3. The zero-order chi connectivity index (χ0) is 38.1. The number of hydrogen-bond donors (Lipinski definition) is 0. The molecule has 11 heteroatoms. The van der Waals surface area contributed by atoms with Crippen molar-refractivity contribution < 1.29 is 28.7 Å². The zero-order valence-corrected chi connectivity index (χ0v) is 34.1. The van der Waals surface area contributed by atoms with Crippen LogP contribution in [0.5, 0.6) is 0 Å². The Morgan fingerprint density at radius 2 is 1.61 bits per heavy atom. The van der Waals surface area contributed by atoms with Crippen molar-refractivity contribution in [3.05, 3.63) is 95.2 Å². The average molecular weight is 741 g/mol. The molecule has 3 aromatic rings. The van der Waals surface area contributed by atoms with Crippen molar-refractivity contribution in [1.29, 1.82) is 0 Å². The van der Waals surface area contributed by atoms with Crippen LogP contribution in [0, 0.1) is 31.6 Å². The third-order valence-corrected chi connectivity index (χ3v) is 11.1. The van der Waals surface area contributed by atoms with Gasteiger partial charge in [0, 0.05) is 17.5 Å². The minimum absolute atomic E-state index is 0. The van der Waals surface area contributed by atoms with E-state index in [1.807, 2.05) is 58.9 Å². The van der Waals surface area contributed by atoms with Crippen LogP contribution in [-0.2, 0) is 31.9 Å². The molecule has 3 aromatic heterocycles. The summed E-state index contributed by atoms with van der Waals surface area (Å²) in [7, 11) is 1.27. The molecule has 0 saturated carbocycles. The first-order valence-corrected chi connectivity index (χ1v) is 18.8. The number of aromatic nitrogens is 3. The maximum absolute atomic E-state index is 14.2. The van der Waals surface area contributed by atoms with Gasteiger partial charge in [0.25, 0.3) is 0 Å². The van der Waals surface area contributed by atoms with Crippen LogP contribution >= 0.6 is 0 Å². The normalized spacial score (nSPS) is 22.3. The van der Waals surface area contributed by atoms with E-state index >= 15 is 0 Å². The Bertz CT molecular complexity index is 2210. The average Bonchev–Trinajstić information content (AvgIpc) is 3.89. The van der Waals surface area contributed by atoms with Crippen molar-refractivity contribution in [3.63, 3.8) is 0 Å². The maximum Gasteiger partial charge on any atom is 2.00 e. The number of carbonyl (C=O) groups is 4. The summed E-state index contributed by atoms with van der Waals surface area (Å²) in [6.07, 6.45) is 13.4. The van der Waals surface area contributed by atoms with E-state index in [1.54, 1.807) is 0 Å². The van der Waals surface area contributed by atoms with Crippen LogP contribution in [0.3, 0.4) is 0 Å². The first kappa shape index (κ1) is 40.8. The van der Waals surface area contributed by atoms with Crippen LogP contribution in [0.4, 0.5) is 0 Å². The zero-order valence-electron chi connectivity index (χ0n) is 32.7. The van der Waals surface area contributed by atoms with Gasteiger partial charge < -0.3 is 29.7 Å². The maximum atomic E-state index is 14.2. The Hall–Kier alpha value is -4.35. The molecule has 0 N–H and O–H groups in total. The van der Waals surface area contributed by atoms with E-state index in [1.165, 1.54) is 12.7 Å². The number of Topliss-reactive ketones (excluding diaryl/α,β-unsaturated/α-hetero) is 1. The summed E-state index contributed by atoms with van der Waals surface area (Å²) in [4.78, 5) is 68.2. The van der Waals surface area contributed by atoms with Crippen LogP contribution in [-0.4, -0.2) is 60.8 Å². The third-order valence-electron chi connectivity index (χ3n) is 11.1. The Balaban J connectivity index is 0.00000561. The van der Waals surface area contributed by atoms with E-state index in [0.29, 0.717) is 62.9 Å². The van der Waals surface area contributed by atoms with Gasteiger partial charge in [0.2, 0.25) is 0 Å². The Morgan fingerprint density at radius 1 is 0.907 bits per heavy atom. The number of fused-ring (bicyclic) bond motifs is 7. The molecule has 0 unspecified atom stereocenters. The van der Waals surface area contributed by atoms with E-state index in [4.69, 9.17) is 29.7 Å². The van der Waals surface area contributed by atoms with E-state index < -0.39 is 17.7 Å². The number of nitrogens with zero attached hydrogens (tertiary/aromatic N) is 4. The molecule has 5 heterocycles. The van der Waals surface area contributed by atoms with Crippen molar-refractivity contribution in [3.8, 4) is 0 Å². The molecule has 0 aromatic carbocycles. The van der Waals surface area contributed by atoms with Gasteiger partial charge in [-0.05, 0) is 70.8 Å². The number of carbonyl (C=O) groups excluding carboxylic acids is 4. The number of methoxy groups -OCH3 is 1. The number of hydrogen-bond acceptors (Lipinski definition) is 6. The smallest absolute Gasteiger partial charge is 0.664 e. The van der Waals surface area contributed by atoms with Crippen LogP contribution in [0.1, 0.15) is 132 Å². The number of unbranched alkanes of at least 4 members (excludes halogenated alkanes) is 1. The second-order valence-electron chi connectivity index (χ2n) is 14.3. The van der Waals surface area contributed by atoms with Crippen molar-refractivity contribution in [1.82, 2.24) is 15.0 Å². The minimum Gasteiger partial charge on any atom is -0.664 e. The van der Waals surface area contributed by atoms with Gasteiger partial charge in [-0.25, -0.2) is 0 Å². The fourth-order valence-electron chi connectivity index (χ4n) is 8.00. The number of ketones is 1. The van der Waals surface area contributed by atoms with Gasteiger partial charge in [-0.1, -0.05) is 85.7 Å². The van der Waals surface area contributed by atoms with E-state index in [2.05, 4.69) is 13.8 Å². The molecule has 8 bridgehead atoms. The first-order valence-electron chi connectivity index (χ1n) is 18.8. The molecule has 3 atom stereocenters. The fraction of sp³-hybridized carbons (Fsp3) is 0.442. The van der Waals surface area contributed by atoms with Gasteiger partial charge in [0.1, 0.15) is 18.8 Å². The standard InChI is InChI=1S/C43H49N4O6.Mg/c1-9-12-13-22(4)16-17-53-36(49)15-14-28-24(6)31-18-30-23(5)26(10-2)33(44-30)20-35-29(21-48)27(11-3)34(45-35)19-32-25(7)37-41(47-32)38(40(28)46-31)39(42(37)50)43(51)52-8;/h16,18-21,24,28,39H,9-15,17H2,1-8H3,(H-,46,47,48,50);/q-3;+2/p-1/b22-16+,31-18-,35-20-;/t24-,28-,39+;/m0./s1. The molecule has 10 nitrogen and oxygen atoms in total. The quantitative estimate of drug-likeness (QED) is 0.0769. The van der Waals surface area contributed by atoms with Crippen molar-refractivity contribution in [2.24, 2.45) is 17.8 Å². The number of allylic oxidation sites excluding steroid dienone is 3. The van der Waals surface area contributed by atoms with Crippen LogP contribution in [0.25, 0.3) is 29.1 Å². The van der Waals surface area contributed by atoms with E-state index in [0.717, 1.165) is 65.7 Å². The number of aldehydes is 1. The van der Waals surface area contributed by atoms with Gasteiger partial charge >= 0.3 is 35.0 Å². The molecule has 1 aliphatic carbocycles. The Kier molecular flexibility index (Phi) is 12.8. The molecule has 0 spiro atoms. The summed E-state index contributed by atoms with van der Waals surface area (Å²) >= 11 is 0. The van der Waals surface area contributed by atoms with Crippen molar-refractivity contribution >= 4 is 70.9 Å². The van der Waals surface area contributed by atoms with E-state index in [-0.39, 0.29) is 53.9 Å². The summed E-state index contributed by atoms with van der Waals surface area (Å²) in [5.74, 6) is -3.19. The van der Waals surface area contributed by atoms with Gasteiger partial charge in [0.15, 0.2) is 5.78 Å². The SMILES string of the molecule is CCCC/C(C)=C/COC(=O)CC[C@@H]1/C2=C3/c4[n-]c(c(C)c4C(=O)[C@@H]3C(=O)OC)/C=c3\[n-]/c(c(C=O)c3CC)=C\c3[n-]c(c(C)c3CC)/C=C(\[N-]2)[C@H]1C.[Mg+2]. The molecular weight excluding hydrogens is 693 g/mol. The largest absolute Gasteiger partial charge is 2.00 e. The molecule has 2 aliphatic heterocycles. The van der Waals surface area contributed by atoms with Gasteiger partial charge in [-0.2, -0.15) is 11.4 Å². The topological polar surface area (TPSA) is 143 Å². The number of ether oxygens (including phenoxy) is 2. The predicted molar refractivity (Wildman–Crippen MR) is 209 cm³/mol. The molecule has 0 radical (unpaired) electrons. The van der Waals surface area contributed by atoms with Crippen LogP contribution in [0.15, 0.2) is 23.0 Å². The second-order valence-corrected chi connectivity index (χ2v) is 14.3. The predicted octanol–water partition coefficient (Wildman–Crippen LogP) is 5.54. The minimum atomic E-state index is -1.25. The Labute approximate surface area is 333 Å². The molecule has 1 saturated heterocycles. The van der Waals surface area contributed by atoms with Gasteiger partial charge in [-0.3, -0.25) is 19.2 Å². The first-order chi connectivity index (χ1) is 25.5. The van der Waals surface area contributed by atoms with Crippen LogP contribution in [0.2, 0.25) is 0 Å². The van der Waals surface area contributed by atoms with Crippen LogP contribution < -0.4 is 25.7 Å². The second kappa shape index (κ2) is 17.0. The summed E-state index contributed by atoms with van der Waals surface area (Å²) in [6, 6.07) is 0. The third kappa shape index (κ3) is 7.36. The summed E-state index contributed by atoms with van der Waals surface area (Å²) in [5.41, 5.74) is 9.52. The molecule has 1 fully saturated rings. The number of rotatable bonds is 12. The van der Waals surface area contributed by atoms with E-state index in [9.17, 15) is 19.2 Å². The molecule has 280 valence electrons. The van der Waals surface area contributed by atoms with Crippen molar-refractivity contribution in [2.45, 2.75) is 93.4 Å². The fourth-order valence-corrected chi connectivity index (χ4v) is 8.00. The summed E-state index contributed by atoms with van der Waals surface area (Å²) in [5, 5.41) is 6.30. The summed E-state index contributed by atoms with van der Waals surface area (Å²) < 4.78 is 10.8. The molecule has 3 aliphatic rings. The van der Waals surface area contributed by atoms with Gasteiger partial charge in [-0.15, -0.1) is 33.5 Å². The van der Waals surface area contributed by atoms with Gasteiger partial charge in [0.05, 0.1) is 7.11 Å².